The average Bonchev–Trinajstić information content (AvgIpc) is 3.37. The summed E-state index contributed by atoms with van der Waals surface area (Å²) in [6, 6.07) is 8.59. The van der Waals surface area contributed by atoms with E-state index in [2.05, 4.69) is 70.0 Å². The van der Waals surface area contributed by atoms with Crippen molar-refractivity contribution in [2.45, 2.75) is 12.8 Å². The molecule has 2 aliphatic heterocycles. The smallest absolute Gasteiger partial charge is 0.214 e. The van der Waals surface area contributed by atoms with Crippen LogP contribution in [0.1, 0.15) is 12.8 Å². The molecule has 2 saturated heterocycles. The van der Waals surface area contributed by atoms with Crippen molar-refractivity contribution in [3.8, 4) is 11.3 Å². The van der Waals surface area contributed by atoms with Crippen LogP contribution in [0.25, 0.3) is 16.2 Å². The Balaban J connectivity index is 1.23. The van der Waals surface area contributed by atoms with Gasteiger partial charge in [-0.3, -0.25) is 4.90 Å². The molecule has 0 aliphatic carbocycles. The highest BCUT2D eigenvalue weighted by atomic mass is 32.1. The molecule has 3 aromatic rings. The van der Waals surface area contributed by atoms with Crippen LogP contribution in [0, 0.1) is 5.92 Å². The maximum atomic E-state index is 4.94. The van der Waals surface area contributed by atoms with E-state index < -0.39 is 0 Å². The van der Waals surface area contributed by atoms with Crippen molar-refractivity contribution < 1.29 is 0 Å². The van der Waals surface area contributed by atoms with E-state index in [4.69, 9.17) is 5.10 Å². The number of nitrogens with zero attached hydrogens (tertiary/aromatic N) is 7. The fourth-order valence-corrected chi connectivity index (χ4v) is 5.60. The summed E-state index contributed by atoms with van der Waals surface area (Å²) in [6.45, 7) is 8.13. The number of benzene rings is 1. The molecule has 0 saturated carbocycles. The SMILES string of the molecule is CN1CCC(CN2CCN(c3nn4c(-c5ccc(N(C)C)cc5)cnc4s3)CC2)CC1. The topological polar surface area (TPSA) is 43.1 Å². The number of likely N-dealkylation sites (tertiary alicyclic amines) is 1. The first kappa shape index (κ1) is 20.7. The standard InChI is InChI=1S/C23H33N7S/c1-26(2)20-6-4-19(5-7-20)21-16-24-22-30(21)25-23(31-22)29-14-12-28(13-15-29)17-18-8-10-27(3)11-9-18/h4-7,16,18H,8-15,17H2,1-3H3. The molecule has 2 aliphatic rings. The molecular formula is C23H33N7S. The van der Waals surface area contributed by atoms with E-state index >= 15 is 0 Å². The van der Waals surface area contributed by atoms with Gasteiger partial charge in [0.25, 0.3) is 0 Å². The van der Waals surface area contributed by atoms with Gasteiger partial charge in [-0.25, -0.2) is 9.50 Å². The first-order chi connectivity index (χ1) is 15.1. The van der Waals surface area contributed by atoms with Gasteiger partial charge < -0.3 is 14.7 Å². The molecule has 0 N–H and O–H groups in total. The van der Waals surface area contributed by atoms with Crippen molar-refractivity contribution in [2.24, 2.45) is 5.92 Å². The van der Waals surface area contributed by atoms with Gasteiger partial charge in [-0.2, -0.15) is 0 Å². The molecule has 8 heteroatoms. The third-order valence-corrected chi connectivity index (χ3v) is 7.73. The van der Waals surface area contributed by atoms with Crippen LogP contribution in [0.2, 0.25) is 0 Å². The summed E-state index contributed by atoms with van der Waals surface area (Å²) < 4.78 is 2.01. The summed E-state index contributed by atoms with van der Waals surface area (Å²) in [5.74, 6) is 0.868. The molecule has 0 unspecified atom stereocenters. The quantitative estimate of drug-likeness (QED) is 0.609. The largest absolute Gasteiger partial charge is 0.378 e. The molecule has 1 aromatic carbocycles. The molecule has 166 valence electrons. The number of fused-ring (bicyclic) bond motifs is 1. The van der Waals surface area contributed by atoms with Gasteiger partial charge in [0, 0.05) is 58.1 Å². The summed E-state index contributed by atoms with van der Waals surface area (Å²) in [5, 5.41) is 6.03. The summed E-state index contributed by atoms with van der Waals surface area (Å²) in [6.07, 6.45) is 4.63. The molecule has 0 spiro atoms. The van der Waals surface area contributed by atoms with Crippen LogP contribution in [-0.4, -0.2) is 91.4 Å². The van der Waals surface area contributed by atoms with Crippen molar-refractivity contribution in [1.29, 1.82) is 0 Å². The third kappa shape index (κ3) is 4.42. The number of hydrogen-bond donors (Lipinski definition) is 0. The second-order valence-corrected chi connectivity index (χ2v) is 10.1. The van der Waals surface area contributed by atoms with Crippen LogP contribution in [-0.2, 0) is 0 Å². The number of aromatic nitrogens is 3. The molecule has 31 heavy (non-hydrogen) atoms. The lowest BCUT2D eigenvalue weighted by molar-refractivity contribution is 0.155. The van der Waals surface area contributed by atoms with E-state index in [0.29, 0.717) is 0 Å². The van der Waals surface area contributed by atoms with E-state index in [0.717, 1.165) is 53.4 Å². The van der Waals surface area contributed by atoms with Gasteiger partial charge in [-0.15, -0.1) is 5.10 Å². The lowest BCUT2D eigenvalue weighted by Crippen LogP contribution is -2.48. The summed E-state index contributed by atoms with van der Waals surface area (Å²) >= 11 is 1.70. The van der Waals surface area contributed by atoms with Gasteiger partial charge in [0.15, 0.2) is 0 Å². The van der Waals surface area contributed by atoms with Crippen molar-refractivity contribution in [1.82, 2.24) is 24.4 Å². The Morgan fingerprint density at radius 3 is 2.39 bits per heavy atom. The molecule has 0 radical (unpaired) electrons. The highest BCUT2D eigenvalue weighted by Crippen LogP contribution is 2.29. The predicted octanol–water partition coefficient (Wildman–Crippen LogP) is 2.99. The molecule has 0 bridgehead atoms. The van der Waals surface area contributed by atoms with Gasteiger partial charge in [0.1, 0.15) is 0 Å². The summed E-state index contributed by atoms with van der Waals surface area (Å²) in [5.41, 5.74) is 3.41. The Labute approximate surface area is 188 Å². The van der Waals surface area contributed by atoms with E-state index in [9.17, 15) is 0 Å². The van der Waals surface area contributed by atoms with Gasteiger partial charge in [0.05, 0.1) is 11.9 Å². The molecule has 2 fully saturated rings. The Morgan fingerprint density at radius 2 is 1.71 bits per heavy atom. The summed E-state index contributed by atoms with van der Waals surface area (Å²) in [4.78, 5) is 15.3. The second kappa shape index (κ2) is 8.76. The number of piperidine rings is 1. The van der Waals surface area contributed by atoms with Gasteiger partial charge in [-0.05, 0) is 51.0 Å². The lowest BCUT2D eigenvalue weighted by atomic mass is 9.96. The molecular weight excluding hydrogens is 406 g/mol. The fraction of sp³-hybridized carbons (Fsp3) is 0.565. The molecule has 2 aromatic heterocycles. The Hall–Kier alpha value is -2.16. The van der Waals surface area contributed by atoms with Crippen LogP contribution < -0.4 is 9.80 Å². The van der Waals surface area contributed by atoms with E-state index in [1.165, 1.54) is 38.2 Å². The fourth-order valence-electron chi connectivity index (χ4n) is 4.67. The monoisotopic (exact) mass is 439 g/mol. The second-order valence-electron chi connectivity index (χ2n) is 9.20. The van der Waals surface area contributed by atoms with Crippen LogP contribution in [0.5, 0.6) is 0 Å². The van der Waals surface area contributed by atoms with Crippen LogP contribution >= 0.6 is 11.3 Å². The maximum Gasteiger partial charge on any atom is 0.214 e. The zero-order valence-corrected chi connectivity index (χ0v) is 19.7. The zero-order chi connectivity index (χ0) is 21.4. The first-order valence-electron chi connectivity index (χ1n) is 11.3. The van der Waals surface area contributed by atoms with Crippen molar-refractivity contribution in [2.75, 3.05) is 76.8 Å². The summed E-state index contributed by atoms with van der Waals surface area (Å²) in [7, 11) is 6.36. The number of anilines is 2. The van der Waals surface area contributed by atoms with Gasteiger partial charge in [-0.1, -0.05) is 23.5 Å². The number of imidazole rings is 1. The number of piperazine rings is 1. The third-order valence-electron chi connectivity index (χ3n) is 6.75. The predicted molar refractivity (Wildman–Crippen MR) is 130 cm³/mol. The van der Waals surface area contributed by atoms with Crippen LogP contribution in [0.15, 0.2) is 30.5 Å². The molecule has 0 atom stereocenters. The van der Waals surface area contributed by atoms with Crippen LogP contribution in [0.3, 0.4) is 0 Å². The van der Waals surface area contributed by atoms with Crippen molar-refractivity contribution in [3.05, 3.63) is 30.5 Å². The Kier molecular flexibility index (Phi) is 5.86. The normalized spacial score (nSPS) is 19.4. The minimum atomic E-state index is 0.868. The van der Waals surface area contributed by atoms with Gasteiger partial charge >= 0.3 is 0 Å². The number of hydrogen-bond acceptors (Lipinski definition) is 7. The van der Waals surface area contributed by atoms with E-state index in [1.54, 1.807) is 11.3 Å². The van der Waals surface area contributed by atoms with Crippen molar-refractivity contribution >= 4 is 27.1 Å². The maximum absolute atomic E-state index is 4.94. The Morgan fingerprint density at radius 1 is 1.00 bits per heavy atom. The molecule has 7 nitrogen and oxygen atoms in total. The minimum absolute atomic E-state index is 0.868. The Bertz CT molecular complexity index is 993. The highest BCUT2D eigenvalue weighted by Gasteiger charge is 2.24. The van der Waals surface area contributed by atoms with E-state index in [1.807, 2.05) is 10.7 Å². The first-order valence-corrected chi connectivity index (χ1v) is 12.2. The minimum Gasteiger partial charge on any atom is -0.378 e. The lowest BCUT2D eigenvalue weighted by Gasteiger charge is -2.38. The highest BCUT2D eigenvalue weighted by molar-refractivity contribution is 7.20. The van der Waals surface area contributed by atoms with E-state index in [-0.39, 0.29) is 0 Å². The van der Waals surface area contributed by atoms with Crippen LogP contribution in [0.4, 0.5) is 10.8 Å². The van der Waals surface area contributed by atoms with Crippen molar-refractivity contribution in [3.63, 3.8) is 0 Å². The number of rotatable bonds is 5. The molecule has 5 rings (SSSR count). The average molecular weight is 440 g/mol. The molecule has 0 amide bonds. The zero-order valence-electron chi connectivity index (χ0n) is 18.9. The van der Waals surface area contributed by atoms with Gasteiger partial charge in [0.2, 0.25) is 10.1 Å². The molecule has 4 heterocycles.